The Labute approximate surface area is 346 Å². The number of hydrogen-bond donors (Lipinski definition) is 3. The minimum absolute atomic E-state index is 0.0442. The highest BCUT2D eigenvalue weighted by Crippen LogP contribution is 2.48. The fraction of sp³-hybridized carbons (Fsp3) is 0.625. The van der Waals surface area contributed by atoms with Crippen molar-refractivity contribution < 1.29 is 55.0 Å². The van der Waals surface area contributed by atoms with E-state index in [0.717, 1.165) is 0 Å². The Kier molecular flexibility index (Phi) is 12.7. The summed E-state index contributed by atoms with van der Waals surface area (Å²) < 4.78 is 84.6. The van der Waals surface area contributed by atoms with E-state index in [1.54, 1.807) is 37.3 Å². The van der Waals surface area contributed by atoms with Gasteiger partial charge in [-0.3, -0.25) is 19.1 Å². The highest BCUT2D eigenvalue weighted by atomic mass is 35.5. The number of sulfonamides is 1. The first kappa shape index (κ1) is 44.2. The molecule has 0 bridgehead atoms. The zero-order valence-corrected chi connectivity index (χ0v) is 35.1. The fourth-order valence-electron chi connectivity index (χ4n) is 7.70. The van der Waals surface area contributed by atoms with Crippen molar-refractivity contribution in [2.75, 3.05) is 13.2 Å². The predicted molar refractivity (Wildman–Crippen MR) is 211 cm³/mol. The van der Waals surface area contributed by atoms with Crippen LogP contribution < -0.4 is 24.8 Å². The molecule has 3 N–H and O–H groups in total. The summed E-state index contributed by atoms with van der Waals surface area (Å²) in [5, 5.41) is 6.62. The van der Waals surface area contributed by atoms with Gasteiger partial charge >= 0.3 is 12.3 Å². The third-order valence-corrected chi connectivity index (χ3v) is 14.3. The smallest absolute Gasteiger partial charge is 0.425 e. The highest BCUT2D eigenvalue weighted by molar-refractivity contribution is 7.91. The Balaban J connectivity index is 1.37. The van der Waals surface area contributed by atoms with Crippen LogP contribution >= 0.6 is 11.6 Å². The average Bonchev–Trinajstić information content (AvgIpc) is 4.04. The van der Waals surface area contributed by atoms with E-state index in [9.17, 15) is 40.8 Å². The number of alkyl halides is 3. The summed E-state index contributed by atoms with van der Waals surface area (Å²) in [5.74, 6) is -3.43. The van der Waals surface area contributed by atoms with Crippen LogP contribution in [-0.4, -0.2) is 96.0 Å². The normalized spacial score (nSPS) is 29.4. The third kappa shape index (κ3) is 9.68. The van der Waals surface area contributed by atoms with Crippen molar-refractivity contribution in [3.8, 4) is 11.8 Å². The molecule has 1 aromatic carbocycles. The van der Waals surface area contributed by atoms with Crippen LogP contribution in [0.15, 0.2) is 36.4 Å². The second-order valence-electron chi connectivity index (χ2n) is 16.6. The molecular formula is C40H51ClF3N5O9S. The third-order valence-electron chi connectivity index (χ3n) is 11.8. The Morgan fingerprint density at radius 3 is 2.56 bits per heavy atom. The van der Waals surface area contributed by atoms with Gasteiger partial charge in [0.25, 0.3) is 5.91 Å². The molecule has 1 aromatic heterocycles. The molecule has 59 heavy (non-hydrogen) atoms. The van der Waals surface area contributed by atoms with Gasteiger partial charge in [-0.15, -0.1) is 0 Å². The van der Waals surface area contributed by atoms with Crippen LogP contribution in [0, 0.1) is 17.8 Å². The fourth-order valence-corrected chi connectivity index (χ4v) is 9.24. The number of allylic oxidation sites excluding steroid dienone is 1. The number of carbonyl (C=O) groups is 4. The van der Waals surface area contributed by atoms with Gasteiger partial charge in [-0.2, -0.15) is 18.2 Å². The number of alkyl carbamates (subject to hydrolysis) is 1. The molecule has 8 atom stereocenters. The van der Waals surface area contributed by atoms with E-state index in [1.807, 2.05) is 19.9 Å². The van der Waals surface area contributed by atoms with Crippen LogP contribution in [0.3, 0.4) is 0 Å². The van der Waals surface area contributed by atoms with E-state index in [4.69, 9.17) is 21.1 Å². The summed E-state index contributed by atoms with van der Waals surface area (Å²) in [4.78, 5) is 62.0. The molecule has 4 amide bonds. The number of halogens is 4. The maximum atomic E-state index is 14.8. The number of nitrogens with zero attached hydrogens (tertiary/aromatic N) is 2. The van der Waals surface area contributed by atoms with Gasteiger partial charge in [0.05, 0.1) is 17.9 Å². The van der Waals surface area contributed by atoms with Crippen LogP contribution in [-0.2, 0) is 29.1 Å². The largest absolute Gasteiger partial charge is 0.478 e. The molecule has 19 heteroatoms. The number of pyridine rings is 1. The quantitative estimate of drug-likeness (QED) is 0.241. The summed E-state index contributed by atoms with van der Waals surface area (Å²) in [7, 11) is -4.09. The zero-order valence-electron chi connectivity index (χ0n) is 33.6. The van der Waals surface area contributed by atoms with E-state index in [1.165, 1.54) is 11.8 Å². The molecule has 2 saturated carbocycles. The molecule has 4 aliphatic rings. The van der Waals surface area contributed by atoms with Crippen molar-refractivity contribution in [1.29, 1.82) is 0 Å². The molecule has 324 valence electrons. The molecule has 3 fully saturated rings. The summed E-state index contributed by atoms with van der Waals surface area (Å²) in [6.45, 7) is 7.83. The topological polar surface area (TPSA) is 182 Å². The molecule has 2 aliphatic heterocycles. The summed E-state index contributed by atoms with van der Waals surface area (Å²) in [6, 6.07) is 3.99. The molecule has 1 saturated heterocycles. The summed E-state index contributed by atoms with van der Waals surface area (Å²) in [6.07, 6.45) is -3.22. The number of rotatable bonds is 10. The molecule has 6 rings (SSSR count). The number of nitrogens with one attached hydrogen (secondary N) is 3. The Hall–Kier alpha value is -4.32. The molecule has 2 aromatic rings. The van der Waals surface area contributed by atoms with Gasteiger partial charge in [-0.05, 0) is 82.8 Å². The van der Waals surface area contributed by atoms with Gasteiger partial charge in [0.1, 0.15) is 23.7 Å². The number of hydrogen-bond acceptors (Lipinski definition) is 10. The zero-order chi connectivity index (χ0) is 43.1. The first-order valence-corrected chi connectivity index (χ1v) is 21.8. The maximum absolute atomic E-state index is 14.8. The first-order valence-electron chi connectivity index (χ1n) is 20.0. The molecule has 0 radical (unpaired) electrons. The van der Waals surface area contributed by atoms with Crippen molar-refractivity contribution in [3.05, 3.63) is 41.4 Å². The molecule has 1 unspecified atom stereocenters. The second-order valence-corrected chi connectivity index (χ2v) is 19.2. The number of amides is 4. The second kappa shape index (κ2) is 17.0. The number of benzene rings is 1. The van der Waals surface area contributed by atoms with E-state index < -0.39 is 86.4 Å². The van der Waals surface area contributed by atoms with E-state index in [-0.39, 0.29) is 37.1 Å². The van der Waals surface area contributed by atoms with Gasteiger partial charge in [0.15, 0.2) is 6.10 Å². The lowest BCUT2D eigenvalue weighted by molar-refractivity contribution is -0.197. The van der Waals surface area contributed by atoms with Crippen LogP contribution in [0.2, 0.25) is 5.02 Å². The van der Waals surface area contributed by atoms with Crippen LogP contribution in [0.1, 0.15) is 86.0 Å². The molecule has 2 aliphatic carbocycles. The van der Waals surface area contributed by atoms with Crippen molar-refractivity contribution in [2.45, 2.75) is 127 Å². The van der Waals surface area contributed by atoms with Crippen molar-refractivity contribution in [3.63, 3.8) is 0 Å². The lowest BCUT2D eigenvalue weighted by Crippen LogP contribution is -2.59. The van der Waals surface area contributed by atoms with E-state index in [0.29, 0.717) is 67.9 Å². The van der Waals surface area contributed by atoms with Gasteiger partial charge in [-0.1, -0.05) is 50.6 Å². The number of fused-ring (bicyclic) bond motifs is 3. The Bertz CT molecular complexity index is 2100. The minimum Gasteiger partial charge on any atom is -0.478 e. The number of aromatic nitrogens is 1. The van der Waals surface area contributed by atoms with Crippen LogP contribution in [0.25, 0.3) is 10.8 Å². The highest BCUT2D eigenvalue weighted by Gasteiger charge is 2.63. The SMILES string of the molecule is CCCOc1cc2c(Cl)cccc2c(O[C@@H]2C[C@H]3C(=O)N[C@]4(C(=O)NS(=O)(=O)C5(C)CC5)CC4/C=C\CC[C@@H](C)C[C@@H](C)[C@H](NC(=O)O[C@H](C)C(F)(F)F)C(=O)N3C2)n1. The lowest BCUT2D eigenvalue weighted by atomic mass is 9.88. The van der Waals surface area contributed by atoms with Gasteiger partial charge < -0.3 is 29.7 Å². The van der Waals surface area contributed by atoms with Crippen molar-refractivity contribution in [2.24, 2.45) is 17.8 Å². The van der Waals surface area contributed by atoms with Gasteiger partial charge in [0, 0.05) is 34.2 Å². The Morgan fingerprint density at radius 1 is 1.15 bits per heavy atom. The summed E-state index contributed by atoms with van der Waals surface area (Å²) in [5.41, 5.74) is -1.66. The lowest BCUT2D eigenvalue weighted by Gasteiger charge is -2.33. The van der Waals surface area contributed by atoms with E-state index >= 15 is 0 Å². The molecular weight excluding hydrogens is 819 g/mol. The molecule has 3 heterocycles. The maximum Gasteiger partial charge on any atom is 0.425 e. The van der Waals surface area contributed by atoms with Crippen molar-refractivity contribution in [1.82, 2.24) is 25.2 Å². The van der Waals surface area contributed by atoms with Gasteiger partial charge in [-0.25, -0.2) is 13.2 Å². The van der Waals surface area contributed by atoms with Gasteiger partial charge in [0.2, 0.25) is 33.6 Å². The van der Waals surface area contributed by atoms with Crippen LogP contribution in [0.4, 0.5) is 18.0 Å². The standard InChI is InChI=1S/C40H51ClF3N5O9S/c1-6-16-56-31-19-28-27(12-9-13-29(28)41)34(45-31)58-26-18-30-33(50)47-39(36(52)48-59(54,55)38(5)14-15-38)20-25(39)11-8-7-10-22(2)17-23(3)32(35(51)49(30)21-26)46-37(53)57-24(4)40(42,43)44/h8-9,11-13,19,22-26,30,32H,6-7,10,14-18,20-21H2,1-5H3,(H,46,53)(H,47,50)(H,48,52)/b11-8-/t22-,23-,24-,25?,26-,30+,32+,39-/m1/s1. The molecule has 14 nitrogen and oxygen atoms in total. The summed E-state index contributed by atoms with van der Waals surface area (Å²) >= 11 is 6.55. The minimum atomic E-state index is -4.86. The molecule has 0 spiro atoms. The Morgan fingerprint density at radius 2 is 1.88 bits per heavy atom. The first-order chi connectivity index (χ1) is 27.7. The van der Waals surface area contributed by atoms with E-state index in [2.05, 4.69) is 25.1 Å². The number of carbonyl (C=O) groups excluding carboxylic acids is 4. The monoisotopic (exact) mass is 869 g/mol. The van der Waals surface area contributed by atoms with Crippen molar-refractivity contribution >= 4 is 56.2 Å². The van der Waals surface area contributed by atoms with Crippen LogP contribution in [0.5, 0.6) is 11.8 Å². The predicted octanol–water partition coefficient (Wildman–Crippen LogP) is 5.96. The average molecular weight is 870 g/mol. The number of ether oxygens (including phenoxy) is 3.